The van der Waals surface area contributed by atoms with Gasteiger partial charge in [0.05, 0.1) is 19.8 Å². The van der Waals surface area contributed by atoms with Crippen LogP contribution in [-0.4, -0.2) is 38.3 Å². The first-order chi connectivity index (χ1) is 10.8. The molecule has 1 aliphatic heterocycles. The van der Waals surface area contributed by atoms with Crippen molar-refractivity contribution in [2.45, 2.75) is 6.10 Å². The summed E-state index contributed by atoms with van der Waals surface area (Å²) >= 11 is 0. The Kier molecular flexibility index (Phi) is 4.83. The van der Waals surface area contributed by atoms with Gasteiger partial charge >= 0.3 is 0 Å². The second-order valence-corrected chi connectivity index (χ2v) is 5.10. The van der Waals surface area contributed by atoms with E-state index in [-0.39, 0.29) is 11.9 Å². The van der Waals surface area contributed by atoms with Crippen LogP contribution in [0.4, 0.5) is 0 Å². The zero-order valence-corrected chi connectivity index (χ0v) is 12.2. The maximum absolute atomic E-state index is 12.3. The van der Waals surface area contributed by atoms with Gasteiger partial charge in [0.15, 0.2) is 5.78 Å². The molecule has 2 aromatic carbocycles. The summed E-state index contributed by atoms with van der Waals surface area (Å²) < 4.78 is 16.0. The lowest BCUT2D eigenvalue weighted by Gasteiger charge is -2.07. The predicted molar refractivity (Wildman–Crippen MR) is 82.4 cm³/mol. The van der Waals surface area contributed by atoms with Gasteiger partial charge < -0.3 is 14.2 Å². The minimum Gasteiger partial charge on any atom is -0.491 e. The zero-order valence-electron chi connectivity index (χ0n) is 12.2. The van der Waals surface area contributed by atoms with Crippen molar-refractivity contribution in [2.75, 3.05) is 26.4 Å². The first-order valence-electron chi connectivity index (χ1n) is 7.35. The Balaban J connectivity index is 1.48. The van der Waals surface area contributed by atoms with Crippen molar-refractivity contribution >= 4 is 5.78 Å². The molecule has 114 valence electrons. The minimum atomic E-state index is 0.0138. The lowest BCUT2D eigenvalue weighted by Crippen LogP contribution is -2.10. The van der Waals surface area contributed by atoms with E-state index in [1.165, 1.54) is 0 Å². The van der Waals surface area contributed by atoms with Gasteiger partial charge in [0.1, 0.15) is 18.5 Å². The van der Waals surface area contributed by atoms with Crippen LogP contribution in [0.25, 0.3) is 0 Å². The zero-order chi connectivity index (χ0) is 15.2. The van der Waals surface area contributed by atoms with Gasteiger partial charge in [-0.15, -0.1) is 0 Å². The molecule has 0 amide bonds. The van der Waals surface area contributed by atoms with E-state index in [2.05, 4.69) is 0 Å². The number of hydrogen-bond donors (Lipinski definition) is 0. The maximum atomic E-state index is 12.3. The van der Waals surface area contributed by atoms with Gasteiger partial charge in [0.25, 0.3) is 0 Å². The van der Waals surface area contributed by atoms with Crippen molar-refractivity contribution in [3.05, 3.63) is 65.7 Å². The number of epoxide rings is 1. The Morgan fingerprint density at radius 1 is 1.00 bits per heavy atom. The molecule has 1 aliphatic rings. The normalized spacial score (nSPS) is 16.3. The number of hydrogen-bond acceptors (Lipinski definition) is 4. The number of ketones is 1. The van der Waals surface area contributed by atoms with Crippen molar-refractivity contribution in [3.8, 4) is 5.75 Å². The van der Waals surface area contributed by atoms with E-state index in [0.29, 0.717) is 30.9 Å². The second kappa shape index (κ2) is 7.20. The van der Waals surface area contributed by atoms with Crippen molar-refractivity contribution in [1.29, 1.82) is 0 Å². The average Bonchev–Trinajstić information content (AvgIpc) is 3.40. The molecule has 1 fully saturated rings. The van der Waals surface area contributed by atoms with Crippen LogP contribution in [0, 0.1) is 0 Å². The Morgan fingerprint density at radius 3 is 2.36 bits per heavy atom. The fraction of sp³-hybridized carbons (Fsp3) is 0.278. The molecule has 1 atom stereocenters. The Bertz CT molecular complexity index is 603. The van der Waals surface area contributed by atoms with E-state index >= 15 is 0 Å². The molecule has 2 aromatic rings. The number of rotatable bonds is 8. The molecule has 1 unspecified atom stereocenters. The third-order valence-corrected chi connectivity index (χ3v) is 3.35. The average molecular weight is 298 g/mol. The number of benzene rings is 2. The first-order valence-corrected chi connectivity index (χ1v) is 7.35. The molecule has 1 heterocycles. The number of carbonyl (C=O) groups is 1. The highest BCUT2D eigenvalue weighted by Gasteiger charge is 2.21. The van der Waals surface area contributed by atoms with Crippen LogP contribution in [-0.2, 0) is 9.47 Å². The lowest BCUT2D eigenvalue weighted by atomic mass is 10.0. The fourth-order valence-electron chi connectivity index (χ4n) is 2.06. The lowest BCUT2D eigenvalue weighted by molar-refractivity contribution is 0.0878. The molecule has 0 bridgehead atoms. The molecular formula is C18H18O4. The van der Waals surface area contributed by atoms with Gasteiger partial charge in [-0.25, -0.2) is 0 Å². The van der Waals surface area contributed by atoms with Gasteiger partial charge in [-0.1, -0.05) is 30.3 Å². The van der Waals surface area contributed by atoms with E-state index in [1.807, 2.05) is 30.3 Å². The third kappa shape index (κ3) is 4.16. The van der Waals surface area contributed by atoms with Crippen molar-refractivity contribution in [1.82, 2.24) is 0 Å². The largest absolute Gasteiger partial charge is 0.491 e. The molecule has 0 saturated carbocycles. The highest BCUT2D eigenvalue weighted by molar-refractivity contribution is 6.08. The molecule has 0 radical (unpaired) electrons. The fourth-order valence-corrected chi connectivity index (χ4v) is 2.06. The molecular weight excluding hydrogens is 280 g/mol. The highest BCUT2D eigenvalue weighted by Crippen LogP contribution is 2.15. The molecule has 0 N–H and O–H groups in total. The SMILES string of the molecule is O=C(c1ccccc1)c1ccc(OCCOCC2CO2)cc1. The van der Waals surface area contributed by atoms with Gasteiger partial charge in [0, 0.05) is 11.1 Å². The minimum absolute atomic E-state index is 0.0138. The molecule has 0 aliphatic carbocycles. The van der Waals surface area contributed by atoms with E-state index in [9.17, 15) is 4.79 Å². The topological polar surface area (TPSA) is 48.1 Å². The highest BCUT2D eigenvalue weighted by atomic mass is 16.6. The van der Waals surface area contributed by atoms with Crippen LogP contribution >= 0.6 is 0 Å². The van der Waals surface area contributed by atoms with E-state index < -0.39 is 0 Å². The third-order valence-electron chi connectivity index (χ3n) is 3.35. The predicted octanol–water partition coefficient (Wildman–Crippen LogP) is 2.71. The monoisotopic (exact) mass is 298 g/mol. The molecule has 3 rings (SSSR count). The number of carbonyl (C=O) groups excluding carboxylic acids is 1. The summed E-state index contributed by atoms with van der Waals surface area (Å²) in [6.07, 6.45) is 0.281. The summed E-state index contributed by atoms with van der Waals surface area (Å²) in [4.78, 5) is 12.3. The molecule has 0 spiro atoms. The van der Waals surface area contributed by atoms with E-state index in [4.69, 9.17) is 14.2 Å². The molecule has 22 heavy (non-hydrogen) atoms. The summed E-state index contributed by atoms with van der Waals surface area (Å²) in [6, 6.07) is 16.4. The first kappa shape index (κ1) is 14.8. The maximum Gasteiger partial charge on any atom is 0.193 e. The van der Waals surface area contributed by atoms with Crippen LogP contribution in [0.3, 0.4) is 0 Å². The van der Waals surface area contributed by atoms with Gasteiger partial charge in [-0.2, -0.15) is 0 Å². The van der Waals surface area contributed by atoms with Crippen molar-refractivity contribution in [3.63, 3.8) is 0 Å². The Hall–Kier alpha value is -2.17. The molecule has 4 heteroatoms. The second-order valence-electron chi connectivity index (χ2n) is 5.10. The van der Waals surface area contributed by atoms with Crippen LogP contribution in [0.2, 0.25) is 0 Å². The molecule has 1 saturated heterocycles. The Morgan fingerprint density at radius 2 is 1.68 bits per heavy atom. The summed E-state index contributed by atoms with van der Waals surface area (Å²) in [7, 11) is 0. The quantitative estimate of drug-likeness (QED) is 0.427. The number of ether oxygens (including phenoxy) is 3. The molecule has 0 aromatic heterocycles. The molecule has 4 nitrogen and oxygen atoms in total. The smallest absolute Gasteiger partial charge is 0.193 e. The van der Waals surface area contributed by atoms with Gasteiger partial charge in [0.2, 0.25) is 0 Å². The van der Waals surface area contributed by atoms with Crippen molar-refractivity contribution < 1.29 is 19.0 Å². The summed E-state index contributed by atoms with van der Waals surface area (Å²) in [5.41, 5.74) is 1.34. The summed E-state index contributed by atoms with van der Waals surface area (Å²) in [5, 5.41) is 0. The van der Waals surface area contributed by atoms with Crippen molar-refractivity contribution in [2.24, 2.45) is 0 Å². The van der Waals surface area contributed by atoms with Crippen LogP contribution in [0.5, 0.6) is 5.75 Å². The van der Waals surface area contributed by atoms with E-state index in [0.717, 1.165) is 12.4 Å². The summed E-state index contributed by atoms with van der Waals surface area (Å²) in [5.74, 6) is 0.746. The van der Waals surface area contributed by atoms with E-state index in [1.54, 1.807) is 24.3 Å². The Labute approximate surface area is 129 Å². The van der Waals surface area contributed by atoms with Crippen LogP contribution in [0.1, 0.15) is 15.9 Å². The summed E-state index contributed by atoms with van der Waals surface area (Å²) in [6.45, 7) is 2.45. The van der Waals surface area contributed by atoms with Crippen LogP contribution < -0.4 is 4.74 Å². The van der Waals surface area contributed by atoms with Gasteiger partial charge in [-0.3, -0.25) is 4.79 Å². The standard InChI is InChI=1S/C18H18O4/c19-18(14-4-2-1-3-5-14)15-6-8-16(9-7-15)21-11-10-20-12-17-13-22-17/h1-9,17H,10-13H2. The van der Waals surface area contributed by atoms with Crippen LogP contribution in [0.15, 0.2) is 54.6 Å². The van der Waals surface area contributed by atoms with Gasteiger partial charge in [-0.05, 0) is 24.3 Å².